The molecular weight excluding hydrogens is 423 g/mol. The summed E-state index contributed by atoms with van der Waals surface area (Å²) < 4.78 is 11.7. The van der Waals surface area contributed by atoms with Crippen LogP contribution in [0, 0.1) is 0 Å². The zero-order valence-electron chi connectivity index (χ0n) is 16.6. The first-order valence-corrected chi connectivity index (χ1v) is 11.1. The van der Waals surface area contributed by atoms with Gasteiger partial charge in [-0.25, -0.2) is 0 Å². The van der Waals surface area contributed by atoms with Crippen LogP contribution in [0.5, 0.6) is 11.5 Å². The van der Waals surface area contributed by atoms with Crippen LogP contribution in [0.3, 0.4) is 0 Å². The standard InChI is InChI=1S/C23H24Cl2N2O3/c24-16-1-5-18(6-2-16)29-12-21(28)26-22-13-23(14-22,15-22)27-10-9-20(11-27)30-19-7-3-17(25)4-8-19/h1-8,20H,9-15H2,(H,26,28). The fourth-order valence-corrected chi connectivity index (χ4v) is 5.43. The van der Waals surface area contributed by atoms with E-state index in [1.807, 2.05) is 24.3 Å². The van der Waals surface area contributed by atoms with Crippen LogP contribution in [-0.2, 0) is 4.79 Å². The van der Waals surface area contributed by atoms with Gasteiger partial charge in [-0.15, -0.1) is 0 Å². The van der Waals surface area contributed by atoms with Crippen LogP contribution in [0.25, 0.3) is 0 Å². The first kappa shape index (κ1) is 20.0. The molecular formula is C23H24Cl2N2O3. The molecule has 1 amide bonds. The van der Waals surface area contributed by atoms with Gasteiger partial charge in [-0.3, -0.25) is 9.69 Å². The summed E-state index contributed by atoms with van der Waals surface area (Å²) >= 11 is 11.8. The summed E-state index contributed by atoms with van der Waals surface area (Å²) in [5, 5.41) is 4.55. The fourth-order valence-electron chi connectivity index (χ4n) is 5.17. The van der Waals surface area contributed by atoms with Crippen LogP contribution in [0.15, 0.2) is 48.5 Å². The summed E-state index contributed by atoms with van der Waals surface area (Å²) in [6.45, 7) is 2.01. The zero-order chi connectivity index (χ0) is 20.8. The maximum Gasteiger partial charge on any atom is 0.258 e. The lowest BCUT2D eigenvalue weighted by molar-refractivity contribution is -0.179. The number of carbonyl (C=O) groups is 1. The van der Waals surface area contributed by atoms with Crippen molar-refractivity contribution in [3.05, 3.63) is 58.6 Å². The number of hydrogen-bond donors (Lipinski definition) is 1. The molecule has 1 heterocycles. The highest BCUT2D eigenvalue weighted by molar-refractivity contribution is 6.30. The lowest BCUT2D eigenvalue weighted by Gasteiger charge is -2.73. The van der Waals surface area contributed by atoms with Gasteiger partial charge in [0.1, 0.15) is 17.6 Å². The molecule has 2 aromatic rings. The Morgan fingerprint density at radius 2 is 1.60 bits per heavy atom. The summed E-state index contributed by atoms with van der Waals surface area (Å²) in [6, 6.07) is 14.6. The molecule has 30 heavy (non-hydrogen) atoms. The molecule has 4 fully saturated rings. The van der Waals surface area contributed by atoms with Crippen LogP contribution < -0.4 is 14.8 Å². The van der Waals surface area contributed by atoms with Crippen LogP contribution in [0.1, 0.15) is 25.7 Å². The van der Waals surface area contributed by atoms with E-state index in [0.717, 1.165) is 49.5 Å². The lowest BCUT2D eigenvalue weighted by atomic mass is 9.43. The first-order valence-electron chi connectivity index (χ1n) is 10.3. The number of amides is 1. The second kappa shape index (κ2) is 7.63. The molecule has 1 aliphatic heterocycles. The summed E-state index contributed by atoms with van der Waals surface area (Å²) in [5.74, 6) is 1.45. The molecule has 6 rings (SSSR count). The van der Waals surface area contributed by atoms with E-state index in [1.165, 1.54) is 0 Å². The molecule has 0 aromatic heterocycles. The van der Waals surface area contributed by atoms with Gasteiger partial charge >= 0.3 is 0 Å². The minimum absolute atomic E-state index is 0.0249. The minimum Gasteiger partial charge on any atom is -0.489 e. The smallest absolute Gasteiger partial charge is 0.258 e. The Morgan fingerprint density at radius 1 is 1.00 bits per heavy atom. The highest BCUT2D eigenvalue weighted by atomic mass is 35.5. The SMILES string of the molecule is O=C(COc1ccc(Cl)cc1)NC12CC(N3CCC(Oc4ccc(Cl)cc4)C3)(C1)C2. The normalized spacial score (nSPS) is 29.6. The van der Waals surface area contributed by atoms with E-state index >= 15 is 0 Å². The molecule has 2 bridgehead atoms. The molecule has 4 aliphatic rings. The van der Waals surface area contributed by atoms with E-state index in [4.69, 9.17) is 32.7 Å². The topological polar surface area (TPSA) is 50.8 Å². The van der Waals surface area contributed by atoms with Gasteiger partial charge in [0, 0.05) is 34.2 Å². The van der Waals surface area contributed by atoms with E-state index in [0.29, 0.717) is 10.8 Å². The van der Waals surface area contributed by atoms with Gasteiger partial charge in [0.25, 0.3) is 5.91 Å². The Hall–Kier alpha value is -1.95. The van der Waals surface area contributed by atoms with Crippen LogP contribution in [0.4, 0.5) is 0 Å². The van der Waals surface area contributed by atoms with E-state index in [9.17, 15) is 4.79 Å². The number of nitrogens with one attached hydrogen (secondary N) is 1. The minimum atomic E-state index is -0.0661. The van der Waals surface area contributed by atoms with Gasteiger partial charge in [-0.2, -0.15) is 0 Å². The number of ether oxygens (including phenoxy) is 2. The van der Waals surface area contributed by atoms with Crippen molar-refractivity contribution in [3.63, 3.8) is 0 Å². The van der Waals surface area contributed by atoms with Gasteiger partial charge in [0.05, 0.1) is 0 Å². The number of nitrogens with zero attached hydrogens (tertiary/aromatic N) is 1. The molecule has 0 radical (unpaired) electrons. The first-order chi connectivity index (χ1) is 14.4. The van der Waals surface area contributed by atoms with Gasteiger partial charge < -0.3 is 14.8 Å². The summed E-state index contributed by atoms with van der Waals surface area (Å²) in [7, 11) is 0. The van der Waals surface area contributed by atoms with Gasteiger partial charge in [0.2, 0.25) is 0 Å². The van der Waals surface area contributed by atoms with Crippen molar-refractivity contribution in [1.29, 1.82) is 0 Å². The number of likely N-dealkylation sites (tertiary alicyclic amines) is 1. The molecule has 3 saturated carbocycles. The fraction of sp³-hybridized carbons (Fsp3) is 0.435. The second-order valence-corrected chi connectivity index (χ2v) is 9.63. The summed E-state index contributed by atoms with van der Waals surface area (Å²) in [4.78, 5) is 14.9. The average molecular weight is 447 g/mol. The highest BCUT2D eigenvalue weighted by Gasteiger charge is 2.71. The van der Waals surface area contributed by atoms with E-state index < -0.39 is 0 Å². The predicted octanol–water partition coefficient (Wildman–Crippen LogP) is 4.32. The number of halogens is 2. The van der Waals surface area contributed by atoms with Gasteiger partial charge in [-0.05, 0) is 74.2 Å². The number of benzene rings is 2. The summed E-state index contributed by atoms with van der Waals surface area (Å²) in [6.07, 6.45) is 4.28. The largest absolute Gasteiger partial charge is 0.489 e. The third kappa shape index (κ3) is 3.86. The molecule has 2 aromatic carbocycles. The third-order valence-corrected chi connectivity index (χ3v) is 7.03. The van der Waals surface area contributed by atoms with Crippen molar-refractivity contribution in [3.8, 4) is 11.5 Å². The Labute approximate surface area is 186 Å². The number of hydrogen-bond acceptors (Lipinski definition) is 4. The zero-order valence-corrected chi connectivity index (χ0v) is 18.1. The Bertz CT molecular complexity index is 913. The number of rotatable bonds is 7. The Kier molecular flexibility index (Phi) is 5.08. The van der Waals surface area contributed by atoms with Crippen LogP contribution in [0.2, 0.25) is 10.0 Å². The predicted molar refractivity (Wildman–Crippen MR) is 116 cm³/mol. The molecule has 1 saturated heterocycles. The number of carbonyl (C=O) groups excluding carboxylic acids is 1. The van der Waals surface area contributed by atoms with Crippen molar-refractivity contribution in [2.24, 2.45) is 0 Å². The van der Waals surface area contributed by atoms with Gasteiger partial charge in [-0.1, -0.05) is 23.2 Å². The molecule has 1 N–H and O–H groups in total. The molecule has 7 heteroatoms. The molecule has 0 spiro atoms. The van der Waals surface area contributed by atoms with Crippen molar-refractivity contribution in [2.45, 2.75) is 42.9 Å². The van der Waals surface area contributed by atoms with Crippen molar-refractivity contribution >= 4 is 29.1 Å². The van der Waals surface area contributed by atoms with Crippen molar-refractivity contribution < 1.29 is 14.3 Å². The maximum atomic E-state index is 12.3. The second-order valence-electron chi connectivity index (χ2n) is 8.75. The quantitative estimate of drug-likeness (QED) is 0.687. The van der Waals surface area contributed by atoms with Crippen LogP contribution >= 0.6 is 23.2 Å². The lowest BCUT2D eigenvalue weighted by Crippen LogP contribution is -2.83. The average Bonchev–Trinajstić information content (AvgIpc) is 3.13. The van der Waals surface area contributed by atoms with Gasteiger partial charge in [0.15, 0.2) is 6.61 Å². The Morgan fingerprint density at radius 3 is 2.23 bits per heavy atom. The Balaban J connectivity index is 1.06. The van der Waals surface area contributed by atoms with Crippen molar-refractivity contribution in [2.75, 3.05) is 19.7 Å². The molecule has 3 aliphatic carbocycles. The van der Waals surface area contributed by atoms with Crippen molar-refractivity contribution in [1.82, 2.24) is 10.2 Å². The molecule has 5 nitrogen and oxygen atoms in total. The maximum absolute atomic E-state index is 12.3. The molecule has 1 unspecified atom stereocenters. The van der Waals surface area contributed by atoms with E-state index in [2.05, 4.69) is 10.2 Å². The third-order valence-electron chi connectivity index (χ3n) is 6.52. The molecule has 1 atom stereocenters. The van der Waals surface area contributed by atoms with E-state index in [-0.39, 0.29) is 29.7 Å². The van der Waals surface area contributed by atoms with Crippen LogP contribution in [-0.4, -0.2) is 47.7 Å². The monoisotopic (exact) mass is 446 g/mol. The summed E-state index contributed by atoms with van der Waals surface area (Å²) in [5.41, 5.74) is 0.192. The molecule has 158 valence electrons. The van der Waals surface area contributed by atoms with E-state index in [1.54, 1.807) is 24.3 Å². The highest BCUT2D eigenvalue weighted by Crippen LogP contribution is 2.64.